The van der Waals surface area contributed by atoms with E-state index in [0.29, 0.717) is 11.1 Å². The Bertz CT molecular complexity index is 1270. The Balaban J connectivity index is 2.00. The Labute approximate surface area is 171 Å². The predicted molar refractivity (Wildman–Crippen MR) is 114 cm³/mol. The van der Waals surface area contributed by atoms with Gasteiger partial charge in [-0.1, -0.05) is 60.7 Å². The van der Waals surface area contributed by atoms with Crippen molar-refractivity contribution in [3.63, 3.8) is 0 Å². The van der Waals surface area contributed by atoms with Crippen molar-refractivity contribution in [3.8, 4) is 0 Å². The fourth-order valence-electron chi connectivity index (χ4n) is 3.64. The van der Waals surface area contributed by atoms with Gasteiger partial charge in [-0.25, -0.2) is 0 Å². The molecule has 4 aromatic rings. The molecule has 0 saturated heterocycles. The maximum atomic E-state index is 13.0. The average Bonchev–Trinajstić information content (AvgIpc) is 2.76. The lowest BCUT2D eigenvalue weighted by molar-refractivity contribution is -0.137. The van der Waals surface area contributed by atoms with E-state index in [1.54, 1.807) is 0 Å². The topological polar surface area (TPSA) is 29.1 Å². The van der Waals surface area contributed by atoms with E-state index in [2.05, 4.69) is 5.32 Å². The van der Waals surface area contributed by atoms with Gasteiger partial charge in [-0.3, -0.25) is 4.79 Å². The van der Waals surface area contributed by atoms with Gasteiger partial charge in [-0.05, 0) is 56.4 Å². The van der Waals surface area contributed by atoms with E-state index in [0.717, 1.165) is 39.2 Å². The standard InChI is InChI=1S/C25H18F3NO/c1-29-24(30)15-22(16-10-12-18(13-11-16)25(26,27)28)23-14-17-6-2-3-7-19(17)20-8-4-5-9-21(20)23/h2-15H,1H3,(H,29,30)/b22-15+. The molecule has 0 atom stereocenters. The van der Waals surface area contributed by atoms with Crippen molar-refractivity contribution in [2.75, 3.05) is 7.05 Å². The number of alkyl halides is 3. The molecule has 4 rings (SSSR count). The highest BCUT2D eigenvalue weighted by molar-refractivity contribution is 6.14. The first-order valence-corrected chi connectivity index (χ1v) is 9.40. The molecule has 4 aromatic carbocycles. The molecule has 5 heteroatoms. The summed E-state index contributed by atoms with van der Waals surface area (Å²) < 4.78 is 39.0. The Morgan fingerprint density at radius 2 is 1.43 bits per heavy atom. The number of carbonyl (C=O) groups excluding carboxylic acids is 1. The molecule has 30 heavy (non-hydrogen) atoms. The SMILES string of the molecule is CNC(=O)/C=C(\c1ccc(C(F)(F)F)cc1)c1cc2ccccc2c2ccccc12. The van der Waals surface area contributed by atoms with Crippen LogP contribution in [0.3, 0.4) is 0 Å². The molecular formula is C25H18F3NO. The number of benzene rings is 4. The van der Waals surface area contributed by atoms with Gasteiger partial charge in [0.1, 0.15) is 0 Å². The number of rotatable bonds is 3. The number of carbonyl (C=O) groups is 1. The van der Waals surface area contributed by atoms with Crippen LogP contribution in [0.4, 0.5) is 13.2 Å². The minimum Gasteiger partial charge on any atom is -0.356 e. The largest absolute Gasteiger partial charge is 0.416 e. The van der Waals surface area contributed by atoms with E-state index in [9.17, 15) is 18.0 Å². The molecule has 0 unspecified atom stereocenters. The van der Waals surface area contributed by atoms with E-state index >= 15 is 0 Å². The molecular weight excluding hydrogens is 387 g/mol. The second-order valence-electron chi connectivity index (χ2n) is 6.94. The van der Waals surface area contributed by atoms with Crippen LogP contribution in [0.15, 0.2) is 84.9 Å². The minimum atomic E-state index is -4.42. The number of nitrogens with one attached hydrogen (secondary N) is 1. The third kappa shape index (κ3) is 3.66. The fraction of sp³-hybridized carbons (Fsp3) is 0.0800. The number of hydrogen-bond donors (Lipinski definition) is 1. The molecule has 0 spiro atoms. The molecule has 1 N–H and O–H groups in total. The summed E-state index contributed by atoms with van der Waals surface area (Å²) in [6.45, 7) is 0. The first kappa shape index (κ1) is 19.7. The first-order chi connectivity index (χ1) is 14.4. The minimum absolute atomic E-state index is 0.331. The zero-order valence-corrected chi connectivity index (χ0v) is 16.1. The summed E-state index contributed by atoms with van der Waals surface area (Å²) in [5, 5.41) is 6.56. The van der Waals surface area contributed by atoms with Gasteiger partial charge >= 0.3 is 6.18 Å². The Kier molecular flexibility index (Phi) is 5.04. The highest BCUT2D eigenvalue weighted by Crippen LogP contribution is 2.36. The van der Waals surface area contributed by atoms with E-state index in [-0.39, 0.29) is 5.91 Å². The van der Waals surface area contributed by atoms with Crippen molar-refractivity contribution < 1.29 is 18.0 Å². The summed E-state index contributed by atoms with van der Waals surface area (Å²) in [6, 6.07) is 22.6. The summed E-state index contributed by atoms with van der Waals surface area (Å²) in [6.07, 6.45) is -2.99. The van der Waals surface area contributed by atoms with Crippen molar-refractivity contribution in [1.82, 2.24) is 5.32 Å². The summed E-state index contributed by atoms with van der Waals surface area (Å²) in [7, 11) is 1.52. The lowest BCUT2D eigenvalue weighted by atomic mass is 9.89. The zero-order chi connectivity index (χ0) is 21.3. The summed E-state index contributed by atoms with van der Waals surface area (Å²) in [4.78, 5) is 12.2. The quantitative estimate of drug-likeness (QED) is 0.320. The second-order valence-corrected chi connectivity index (χ2v) is 6.94. The van der Waals surface area contributed by atoms with Crippen LogP contribution in [-0.2, 0) is 11.0 Å². The smallest absolute Gasteiger partial charge is 0.356 e. The van der Waals surface area contributed by atoms with Crippen LogP contribution in [0.2, 0.25) is 0 Å². The van der Waals surface area contributed by atoms with Gasteiger partial charge in [0.15, 0.2) is 0 Å². The number of hydrogen-bond acceptors (Lipinski definition) is 1. The molecule has 150 valence electrons. The molecule has 0 saturated carbocycles. The van der Waals surface area contributed by atoms with Crippen molar-refractivity contribution in [1.29, 1.82) is 0 Å². The van der Waals surface area contributed by atoms with Crippen molar-refractivity contribution in [2.45, 2.75) is 6.18 Å². The predicted octanol–water partition coefficient (Wildman–Crippen LogP) is 6.19. The number of amides is 1. The molecule has 1 amide bonds. The van der Waals surface area contributed by atoms with Gasteiger partial charge in [0, 0.05) is 13.1 Å². The first-order valence-electron chi connectivity index (χ1n) is 9.40. The molecule has 0 aromatic heterocycles. The van der Waals surface area contributed by atoms with Crippen LogP contribution in [0.5, 0.6) is 0 Å². The van der Waals surface area contributed by atoms with Gasteiger partial charge in [-0.15, -0.1) is 0 Å². The summed E-state index contributed by atoms with van der Waals surface area (Å²) in [5.74, 6) is -0.331. The third-order valence-corrected chi connectivity index (χ3v) is 5.10. The molecule has 2 nitrogen and oxygen atoms in total. The molecule has 0 aliphatic heterocycles. The number of fused-ring (bicyclic) bond motifs is 3. The number of likely N-dealkylation sites (N-methyl/N-ethyl adjacent to an activating group) is 1. The summed E-state index contributed by atoms with van der Waals surface area (Å²) in [5.41, 5.74) is 1.15. The van der Waals surface area contributed by atoms with Crippen molar-refractivity contribution in [2.24, 2.45) is 0 Å². The Hall–Kier alpha value is -3.60. The lowest BCUT2D eigenvalue weighted by Crippen LogP contribution is -2.15. The van der Waals surface area contributed by atoms with Gasteiger partial charge < -0.3 is 5.32 Å². The summed E-state index contributed by atoms with van der Waals surface area (Å²) >= 11 is 0. The van der Waals surface area contributed by atoms with Crippen LogP contribution in [0.25, 0.3) is 27.1 Å². The molecule has 0 fully saturated rings. The van der Waals surface area contributed by atoms with E-state index in [4.69, 9.17) is 0 Å². The molecule has 0 radical (unpaired) electrons. The van der Waals surface area contributed by atoms with Crippen LogP contribution in [0, 0.1) is 0 Å². The van der Waals surface area contributed by atoms with Crippen LogP contribution in [-0.4, -0.2) is 13.0 Å². The number of halogens is 3. The Morgan fingerprint density at radius 1 is 0.833 bits per heavy atom. The van der Waals surface area contributed by atoms with E-state index in [1.807, 2.05) is 54.6 Å². The van der Waals surface area contributed by atoms with Crippen molar-refractivity contribution >= 4 is 33.0 Å². The van der Waals surface area contributed by atoms with Crippen molar-refractivity contribution in [3.05, 3.63) is 102 Å². The molecule has 0 aliphatic carbocycles. The highest BCUT2D eigenvalue weighted by Gasteiger charge is 2.30. The third-order valence-electron chi connectivity index (χ3n) is 5.10. The van der Waals surface area contributed by atoms with Gasteiger partial charge in [0.25, 0.3) is 0 Å². The monoisotopic (exact) mass is 405 g/mol. The average molecular weight is 405 g/mol. The zero-order valence-electron chi connectivity index (χ0n) is 16.1. The normalized spacial score (nSPS) is 12.3. The molecule has 0 bridgehead atoms. The Morgan fingerprint density at radius 3 is 2.07 bits per heavy atom. The van der Waals surface area contributed by atoms with Gasteiger partial charge in [0.05, 0.1) is 5.56 Å². The lowest BCUT2D eigenvalue weighted by Gasteiger charge is -2.15. The molecule has 0 heterocycles. The van der Waals surface area contributed by atoms with E-state index in [1.165, 1.54) is 25.3 Å². The van der Waals surface area contributed by atoms with Crippen LogP contribution >= 0.6 is 0 Å². The maximum Gasteiger partial charge on any atom is 0.416 e. The highest BCUT2D eigenvalue weighted by atomic mass is 19.4. The maximum absolute atomic E-state index is 13.0. The van der Waals surface area contributed by atoms with Gasteiger partial charge in [-0.2, -0.15) is 13.2 Å². The second kappa shape index (κ2) is 7.67. The van der Waals surface area contributed by atoms with E-state index < -0.39 is 11.7 Å². The fourth-order valence-corrected chi connectivity index (χ4v) is 3.64. The van der Waals surface area contributed by atoms with Crippen LogP contribution in [0.1, 0.15) is 16.7 Å². The molecule has 0 aliphatic rings. The van der Waals surface area contributed by atoms with Crippen LogP contribution < -0.4 is 5.32 Å². The van der Waals surface area contributed by atoms with Gasteiger partial charge in [0.2, 0.25) is 5.91 Å².